The number of allylic oxidation sites excluding steroid dienone is 3. The van der Waals surface area contributed by atoms with Gasteiger partial charge in [-0.1, -0.05) is 59.3 Å². The molecule has 0 N–H and O–H groups in total. The predicted molar refractivity (Wildman–Crippen MR) is 91.7 cm³/mol. The van der Waals surface area contributed by atoms with Gasteiger partial charge in [0.2, 0.25) is 0 Å². The largest absolute Gasteiger partial charge is 0.358 e. The third-order valence-electron chi connectivity index (χ3n) is 3.25. The summed E-state index contributed by atoms with van der Waals surface area (Å²) in [4.78, 5) is 7.50. The normalized spacial score (nSPS) is 12.2. The zero-order valence-corrected chi connectivity index (χ0v) is 14.6. The summed E-state index contributed by atoms with van der Waals surface area (Å²) < 4.78 is 0. The van der Waals surface area contributed by atoms with Crippen molar-refractivity contribution in [1.29, 1.82) is 0 Å². The third-order valence-corrected chi connectivity index (χ3v) is 5.40. The average molecular weight is 276 g/mol. The molecule has 0 aliphatic rings. The molecule has 0 bridgehead atoms. The highest BCUT2D eigenvalue weighted by Crippen LogP contribution is 2.03. The summed E-state index contributed by atoms with van der Waals surface area (Å²) in [5, 5.41) is 0. The fourth-order valence-corrected chi connectivity index (χ4v) is 3.82. The molecule has 0 radical (unpaired) electrons. The summed E-state index contributed by atoms with van der Waals surface area (Å²) in [5.74, 6) is 0. The summed E-state index contributed by atoms with van der Waals surface area (Å²) in [6.07, 6.45) is 18.9. The molecule has 0 aliphatic carbocycles. The van der Waals surface area contributed by atoms with Gasteiger partial charge in [0.1, 0.15) is 0 Å². The number of hydrogen-bond donors (Lipinski definition) is 0. The van der Waals surface area contributed by atoms with Gasteiger partial charge >= 0.3 is 14.1 Å². The van der Waals surface area contributed by atoms with Crippen LogP contribution in [0.5, 0.6) is 0 Å². The molecule has 0 heterocycles. The lowest BCUT2D eigenvalue weighted by atomic mass is 10.2. The van der Waals surface area contributed by atoms with E-state index in [-0.39, 0.29) is 0 Å². The summed E-state index contributed by atoms with van der Waals surface area (Å²) >= 11 is -0.903. The van der Waals surface area contributed by atoms with E-state index in [4.69, 9.17) is 0 Å². The molecular weight excluding hydrogens is 243 g/mol. The fraction of sp³-hybridized carbons (Fsp3) is 0.667. The first-order chi connectivity index (χ1) is 9.35. The van der Waals surface area contributed by atoms with Crippen LogP contribution in [-0.4, -0.2) is 14.1 Å². The van der Waals surface area contributed by atoms with Gasteiger partial charge in [-0.05, 0) is 19.3 Å². The lowest BCUT2D eigenvalue weighted by molar-refractivity contribution is 0.814. The van der Waals surface area contributed by atoms with Crippen LogP contribution >= 0.6 is 0 Å². The van der Waals surface area contributed by atoms with Crippen molar-refractivity contribution in [2.45, 2.75) is 78.6 Å². The van der Waals surface area contributed by atoms with Gasteiger partial charge in [0.15, 0.2) is 0 Å². The first-order valence-electron chi connectivity index (χ1n) is 8.35. The van der Waals surface area contributed by atoms with Crippen molar-refractivity contribution in [2.75, 3.05) is 0 Å². The molecule has 0 amide bonds. The van der Waals surface area contributed by atoms with Crippen LogP contribution in [0.3, 0.4) is 0 Å². The molecule has 0 aromatic heterocycles. The molecule has 0 aromatic carbocycles. The second-order valence-corrected chi connectivity index (χ2v) is 7.60. The average Bonchev–Trinajstić information content (AvgIpc) is 2.43. The highest BCUT2D eigenvalue weighted by molar-refractivity contribution is 6.74. The monoisotopic (exact) mass is 276 g/mol. The van der Waals surface area contributed by atoms with Crippen LogP contribution < -0.4 is 0 Å². The molecule has 0 saturated heterocycles. The number of hydrogen-bond acceptors (Lipinski definition) is 0. The summed E-state index contributed by atoms with van der Waals surface area (Å²) in [6, 6.07) is 0. The van der Waals surface area contributed by atoms with E-state index in [1.807, 2.05) is 0 Å². The minimum absolute atomic E-state index is 0.903. The molecule has 0 atom stereocenters. The quantitative estimate of drug-likeness (QED) is 0.288. The second-order valence-electron chi connectivity index (χ2n) is 5.29. The molecule has 108 valence electrons. The van der Waals surface area contributed by atoms with Gasteiger partial charge in [0.05, 0.1) is 0 Å². The maximum Gasteiger partial charge on any atom is 0.358 e. The van der Waals surface area contributed by atoms with Crippen molar-refractivity contribution in [3.8, 4) is 0 Å². The van der Waals surface area contributed by atoms with E-state index in [9.17, 15) is 0 Å². The van der Waals surface area contributed by atoms with Gasteiger partial charge in [0.25, 0.3) is 0 Å². The second kappa shape index (κ2) is 15.8. The molecule has 1 heteroatoms. The fourth-order valence-electron chi connectivity index (χ4n) is 1.92. The Hall–Kier alpha value is -0.248. The molecule has 0 nitrogen and oxygen atoms in total. The lowest BCUT2D eigenvalue weighted by Gasteiger charge is -1.96. The topological polar surface area (TPSA) is 0 Å². The molecule has 0 aliphatic heterocycles. The zero-order chi connectivity index (χ0) is 14.2. The Morgan fingerprint density at radius 2 is 0.895 bits per heavy atom. The van der Waals surface area contributed by atoms with Crippen molar-refractivity contribution >= 4 is 14.1 Å². The van der Waals surface area contributed by atoms with Crippen LogP contribution in [0.15, 0.2) is 33.0 Å². The Labute approximate surface area is 126 Å². The van der Waals surface area contributed by atoms with Crippen LogP contribution in [-0.2, 0) is 0 Å². The maximum absolute atomic E-state index is 2.50. The zero-order valence-electron chi connectivity index (χ0n) is 13.4. The molecule has 0 spiro atoms. The molecule has 0 rings (SSSR count). The van der Waals surface area contributed by atoms with Crippen LogP contribution in [0, 0.1) is 0 Å². The minimum atomic E-state index is -0.903. The van der Waals surface area contributed by atoms with E-state index in [0.717, 1.165) is 0 Å². The smallest absolute Gasteiger partial charge is 0.140 e. The van der Waals surface area contributed by atoms with Crippen molar-refractivity contribution < 1.29 is 0 Å². The van der Waals surface area contributed by atoms with Crippen LogP contribution in [0.25, 0.3) is 0 Å². The minimum Gasteiger partial charge on any atom is -0.140 e. The van der Waals surface area contributed by atoms with Gasteiger partial charge in [-0.2, -0.15) is 0 Å². The van der Waals surface area contributed by atoms with E-state index >= 15 is 0 Å². The van der Waals surface area contributed by atoms with Gasteiger partial charge in [-0.25, -0.2) is 0 Å². The lowest BCUT2D eigenvalue weighted by Crippen LogP contribution is -2.01. The highest BCUT2D eigenvalue weighted by atomic mass is 27.2. The SMILES string of the molecule is CCCCC=[CH][Al]([CH]=CCCCC)[CH]=CCCCC. The molecule has 0 unspecified atom stereocenters. The first kappa shape index (κ1) is 18.8. The Morgan fingerprint density at radius 3 is 1.16 bits per heavy atom. The van der Waals surface area contributed by atoms with Crippen LogP contribution in [0.2, 0.25) is 0 Å². The Kier molecular flexibility index (Phi) is 15.6. The van der Waals surface area contributed by atoms with Gasteiger partial charge in [-0.3, -0.25) is 0 Å². The molecule has 0 saturated carbocycles. The predicted octanol–water partition coefficient (Wildman–Crippen LogP) is 6.34. The van der Waals surface area contributed by atoms with Crippen molar-refractivity contribution in [1.82, 2.24) is 0 Å². The van der Waals surface area contributed by atoms with Crippen molar-refractivity contribution in [2.24, 2.45) is 0 Å². The molecule has 0 fully saturated rings. The Morgan fingerprint density at radius 1 is 0.579 bits per heavy atom. The van der Waals surface area contributed by atoms with Gasteiger partial charge in [0, 0.05) is 0 Å². The summed E-state index contributed by atoms with van der Waals surface area (Å²) in [5.41, 5.74) is 0. The number of unbranched alkanes of at least 4 members (excludes halogenated alkanes) is 6. The number of rotatable bonds is 12. The van der Waals surface area contributed by atoms with Crippen molar-refractivity contribution in [3.05, 3.63) is 33.0 Å². The van der Waals surface area contributed by atoms with Crippen LogP contribution in [0.4, 0.5) is 0 Å². The standard InChI is InChI=1S/3C6H11.Al/c3*1-3-5-6-4-2;/h3*1,3H,4-6H2,2H3;. The molecular formula is C18H33Al. The van der Waals surface area contributed by atoms with Crippen molar-refractivity contribution in [3.63, 3.8) is 0 Å². The highest BCUT2D eigenvalue weighted by Gasteiger charge is 2.03. The molecule has 0 aromatic rings. The van der Waals surface area contributed by atoms with E-state index in [1.165, 1.54) is 57.8 Å². The Bertz CT molecular complexity index is 208. The third kappa shape index (κ3) is 14.0. The summed E-state index contributed by atoms with van der Waals surface area (Å²) in [6.45, 7) is 6.79. The molecule has 19 heavy (non-hydrogen) atoms. The summed E-state index contributed by atoms with van der Waals surface area (Å²) in [7, 11) is 0. The van der Waals surface area contributed by atoms with E-state index in [1.54, 1.807) is 0 Å². The first-order valence-corrected chi connectivity index (χ1v) is 10.3. The van der Waals surface area contributed by atoms with E-state index < -0.39 is 14.1 Å². The van der Waals surface area contributed by atoms with Gasteiger partial charge in [-0.15, -0.1) is 33.0 Å². The van der Waals surface area contributed by atoms with Gasteiger partial charge < -0.3 is 0 Å². The maximum atomic E-state index is 2.50. The Balaban J connectivity index is 4.16. The van der Waals surface area contributed by atoms with Crippen LogP contribution in [0.1, 0.15) is 78.6 Å². The van der Waals surface area contributed by atoms with E-state index in [2.05, 4.69) is 53.8 Å². The van der Waals surface area contributed by atoms with E-state index in [0.29, 0.717) is 0 Å².